The topological polar surface area (TPSA) is 29.1 Å². The molecule has 0 unspecified atom stereocenters. The van der Waals surface area contributed by atoms with Gasteiger partial charge in [0.05, 0.1) is 6.04 Å². The highest BCUT2D eigenvalue weighted by molar-refractivity contribution is 6.27. The van der Waals surface area contributed by atoms with E-state index in [2.05, 4.69) is 5.32 Å². The lowest BCUT2D eigenvalue weighted by molar-refractivity contribution is -0.119. The summed E-state index contributed by atoms with van der Waals surface area (Å²) in [6.07, 6.45) is 2.02. The van der Waals surface area contributed by atoms with Gasteiger partial charge in [0.15, 0.2) is 0 Å². The molecule has 0 fully saturated rings. The van der Waals surface area contributed by atoms with E-state index >= 15 is 0 Å². The summed E-state index contributed by atoms with van der Waals surface area (Å²) >= 11 is 5.40. The Hall–Kier alpha value is -1.16. The van der Waals surface area contributed by atoms with Crippen molar-refractivity contribution in [1.82, 2.24) is 5.32 Å². The Kier molecular flexibility index (Phi) is 3.62. The number of halogens is 3. The number of amides is 1. The Bertz CT molecular complexity index is 450. The van der Waals surface area contributed by atoms with Crippen molar-refractivity contribution in [1.29, 1.82) is 0 Å². The third kappa shape index (κ3) is 2.57. The number of fused-ring (bicyclic) bond motifs is 1. The van der Waals surface area contributed by atoms with E-state index in [9.17, 15) is 13.6 Å². The number of hydrogen-bond donors (Lipinski definition) is 1. The van der Waals surface area contributed by atoms with Gasteiger partial charge in [-0.15, -0.1) is 11.6 Å². The van der Waals surface area contributed by atoms with Crippen molar-refractivity contribution in [2.75, 3.05) is 5.88 Å². The third-order valence-electron chi connectivity index (χ3n) is 2.95. The highest BCUT2D eigenvalue weighted by Gasteiger charge is 2.24. The van der Waals surface area contributed by atoms with Gasteiger partial charge in [0.2, 0.25) is 5.91 Å². The van der Waals surface area contributed by atoms with Crippen LogP contribution in [-0.4, -0.2) is 11.8 Å². The van der Waals surface area contributed by atoms with Crippen LogP contribution in [-0.2, 0) is 11.2 Å². The molecule has 0 heterocycles. The number of benzene rings is 1. The Morgan fingerprint density at radius 3 is 2.94 bits per heavy atom. The van der Waals surface area contributed by atoms with Gasteiger partial charge in [-0.25, -0.2) is 8.78 Å². The van der Waals surface area contributed by atoms with Crippen LogP contribution in [0.25, 0.3) is 0 Å². The predicted octanol–water partition coefficient (Wildman–Crippen LogP) is 2.70. The van der Waals surface area contributed by atoms with Crippen molar-refractivity contribution in [2.45, 2.75) is 25.3 Å². The molecule has 0 bridgehead atoms. The molecule has 1 aliphatic carbocycles. The van der Waals surface area contributed by atoms with Gasteiger partial charge in [-0.1, -0.05) is 0 Å². The maximum Gasteiger partial charge on any atom is 0.235 e. The van der Waals surface area contributed by atoms with Crippen LogP contribution >= 0.6 is 11.6 Å². The number of alkyl halides is 1. The Balaban J connectivity index is 2.33. The van der Waals surface area contributed by atoms with Gasteiger partial charge < -0.3 is 5.32 Å². The SMILES string of the molecule is O=C(CCl)N[C@H]1CCCc2c(F)cc(F)cc21. The molecule has 5 heteroatoms. The Morgan fingerprint density at radius 2 is 2.24 bits per heavy atom. The van der Waals surface area contributed by atoms with E-state index in [1.807, 2.05) is 0 Å². The lowest BCUT2D eigenvalue weighted by Gasteiger charge is -2.26. The van der Waals surface area contributed by atoms with Crippen LogP contribution in [0, 0.1) is 11.6 Å². The largest absolute Gasteiger partial charge is 0.348 e. The molecule has 1 aromatic rings. The summed E-state index contributed by atoms with van der Waals surface area (Å²) in [6.45, 7) is 0. The number of rotatable bonds is 2. The third-order valence-corrected chi connectivity index (χ3v) is 3.19. The van der Waals surface area contributed by atoms with Crippen LogP contribution in [0.1, 0.15) is 30.0 Å². The van der Waals surface area contributed by atoms with Crippen molar-refractivity contribution < 1.29 is 13.6 Å². The minimum Gasteiger partial charge on any atom is -0.348 e. The molecule has 2 nitrogen and oxygen atoms in total. The highest BCUT2D eigenvalue weighted by Crippen LogP contribution is 2.32. The van der Waals surface area contributed by atoms with Crippen LogP contribution in [0.3, 0.4) is 0 Å². The van der Waals surface area contributed by atoms with Crippen LogP contribution in [0.4, 0.5) is 8.78 Å². The molecule has 0 saturated carbocycles. The normalized spacial score (nSPS) is 18.6. The van der Waals surface area contributed by atoms with Gasteiger partial charge in [0, 0.05) is 6.07 Å². The first-order chi connectivity index (χ1) is 8.11. The quantitative estimate of drug-likeness (QED) is 0.813. The maximum atomic E-state index is 13.5. The number of nitrogens with one attached hydrogen (secondary N) is 1. The van der Waals surface area contributed by atoms with Crippen molar-refractivity contribution in [3.8, 4) is 0 Å². The van der Waals surface area contributed by atoms with Gasteiger partial charge in [-0.3, -0.25) is 4.79 Å². The van der Waals surface area contributed by atoms with E-state index in [1.54, 1.807) is 0 Å². The number of carbonyl (C=O) groups excluding carboxylic acids is 1. The standard InChI is InChI=1S/C12H12ClF2NO/c13-6-12(17)16-11-3-1-2-8-9(11)4-7(14)5-10(8)15/h4-5,11H,1-3,6H2,(H,16,17)/t11-/m0/s1. The lowest BCUT2D eigenvalue weighted by atomic mass is 9.87. The molecule has 1 amide bonds. The fraction of sp³-hybridized carbons (Fsp3) is 0.417. The van der Waals surface area contributed by atoms with Crippen molar-refractivity contribution >= 4 is 17.5 Å². The van der Waals surface area contributed by atoms with Crippen LogP contribution in [0.5, 0.6) is 0 Å². The average Bonchev–Trinajstić information content (AvgIpc) is 2.30. The molecule has 0 saturated heterocycles. The first-order valence-corrected chi connectivity index (χ1v) is 5.98. The van der Waals surface area contributed by atoms with Crippen molar-refractivity contribution in [2.24, 2.45) is 0 Å². The summed E-state index contributed by atoms with van der Waals surface area (Å²) in [4.78, 5) is 11.2. The summed E-state index contributed by atoms with van der Waals surface area (Å²) in [5.41, 5.74) is 1.03. The smallest absolute Gasteiger partial charge is 0.235 e. The van der Waals surface area contributed by atoms with E-state index in [-0.39, 0.29) is 17.8 Å². The summed E-state index contributed by atoms with van der Waals surface area (Å²) in [6, 6.07) is 1.83. The monoisotopic (exact) mass is 259 g/mol. The van der Waals surface area contributed by atoms with Crippen LogP contribution in [0.15, 0.2) is 12.1 Å². The molecule has 1 aliphatic rings. The first kappa shape index (κ1) is 12.3. The summed E-state index contributed by atoms with van der Waals surface area (Å²) < 4.78 is 26.7. The van der Waals surface area contributed by atoms with Gasteiger partial charge in [0.1, 0.15) is 17.5 Å². The van der Waals surface area contributed by atoms with Crippen LogP contribution in [0.2, 0.25) is 0 Å². The minimum absolute atomic E-state index is 0.149. The second-order valence-corrected chi connectivity index (χ2v) is 4.37. The minimum atomic E-state index is -0.617. The zero-order valence-electron chi connectivity index (χ0n) is 9.10. The molecule has 0 aromatic heterocycles. The van der Waals surface area contributed by atoms with Gasteiger partial charge in [-0.2, -0.15) is 0 Å². The summed E-state index contributed by atoms with van der Waals surface area (Å²) in [5, 5.41) is 2.67. The fourth-order valence-corrected chi connectivity index (χ4v) is 2.30. The van der Waals surface area contributed by atoms with Crippen molar-refractivity contribution in [3.05, 3.63) is 34.9 Å². The lowest BCUT2D eigenvalue weighted by Crippen LogP contribution is -2.32. The predicted molar refractivity (Wildman–Crippen MR) is 60.9 cm³/mol. The zero-order chi connectivity index (χ0) is 12.4. The second kappa shape index (κ2) is 5.00. The van der Waals surface area contributed by atoms with Crippen molar-refractivity contribution in [3.63, 3.8) is 0 Å². The van der Waals surface area contributed by atoms with E-state index in [1.165, 1.54) is 6.07 Å². The zero-order valence-corrected chi connectivity index (χ0v) is 9.86. The van der Waals surface area contributed by atoms with E-state index < -0.39 is 11.6 Å². The number of hydrogen-bond acceptors (Lipinski definition) is 1. The molecular formula is C12H12ClF2NO. The summed E-state index contributed by atoms with van der Waals surface area (Å²) in [5.74, 6) is -1.63. The van der Waals surface area contributed by atoms with Gasteiger partial charge in [-0.05, 0) is 36.5 Å². The molecule has 0 aliphatic heterocycles. The molecule has 17 heavy (non-hydrogen) atoms. The molecule has 2 rings (SSSR count). The molecule has 0 spiro atoms. The average molecular weight is 260 g/mol. The maximum absolute atomic E-state index is 13.5. The molecular weight excluding hydrogens is 248 g/mol. The van der Waals surface area contributed by atoms with Gasteiger partial charge >= 0.3 is 0 Å². The second-order valence-electron chi connectivity index (χ2n) is 4.10. The Morgan fingerprint density at radius 1 is 1.47 bits per heavy atom. The highest BCUT2D eigenvalue weighted by atomic mass is 35.5. The molecule has 1 aromatic carbocycles. The first-order valence-electron chi connectivity index (χ1n) is 5.45. The summed E-state index contributed by atoms with van der Waals surface area (Å²) in [7, 11) is 0. The van der Waals surface area contributed by atoms with E-state index in [4.69, 9.17) is 11.6 Å². The Labute approximate surface area is 103 Å². The van der Waals surface area contributed by atoms with E-state index in [0.29, 0.717) is 24.0 Å². The molecule has 1 atom stereocenters. The van der Waals surface area contributed by atoms with E-state index in [0.717, 1.165) is 12.5 Å². The van der Waals surface area contributed by atoms with Crippen LogP contribution < -0.4 is 5.32 Å². The molecule has 0 radical (unpaired) electrons. The fourth-order valence-electron chi connectivity index (χ4n) is 2.22. The molecule has 1 N–H and O–H groups in total. The number of carbonyl (C=O) groups is 1. The molecule has 92 valence electrons. The van der Waals surface area contributed by atoms with Gasteiger partial charge in [0.25, 0.3) is 0 Å².